The standard InChI is InChI=1S/C15H20N2OS/c1-2-4-13(5-3-1)14-11-19-15(17-14)16-8-9-18-10-12-6-7-12/h1-5,12,14H,6-11H2,(H,16,17). The van der Waals surface area contributed by atoms with Crippen LogP contribution >= 0.6 is 11.8 Å². The zero-order valence-corrected chi connectivity index (χ0v) is 11.9. The molecule has 0 aromatic heterocycles. The van der Waals surface area contributed by atoms with Gasteiger partial charge in [0, 0.05) is 12.4 Å². The molecule has 1 saturated carbocycles. The lowest BCUT2D eigenvalue weighted by Crippen LogP contribution is -2.19. The molecule has 2 fully saturated rings. The Hall–Kier alpha value is -1.00. The van der Waals surface area contributed by atoms with Gasteiger partial charge in [0.1, 0.15) is 0 Å². The first-order chi connectivity index (χ1) is 9.42. The topological polar surface area (TPSA) is 33.6 Å². The van der Waals surface area contributed by atoms with E-state index in [1.54, 1.807) is 11.8 Å². The van der Waals surface area contributed by atoms with Crippen LogP contribution in [0.3, 0.4) is 0 Å². The van der Waals surface area contributed by atoms with Gasteiger partial charge in [-0.05, 0) is 24.3 Å². The van der Waals surface area contributed by atoms with E-state index in [-0.39, 0.29) is 0 Å². The van der Waals surface area contributed by atoms with E-state index in [0.717, 1.165) is 36.6 Å². The number of hydrogen-bond donors (Lipinski definition) is 1. The fraction of sp³-hybridized carbons (Fsp3) is 0.533. The van der Waals surface area contributed by atoms with Crippen molar-refractivity contribution in [1.29, 1.82) is 0 Å². The molecule has 1 atom stereocenters. The molecule has 1 aromatic rings. The Morgan fingerprint density at radius 2 is 2.11 bits per heavy atom. The average molecular weight is 276 g/mol. The molecule has 102 valence electrons. The van der Waals surface area contributed by atoms with Crippen molar-refractivity contribution in [1.82, 2.24) is 5.32 Å². The summed E-state index contributed by atoms with van der Waals surface area (Å²) < 4.78 is 5.58. The summed E-state index contributed by atoms with van der Waals surface area (Å²) in [6, 6.07) is 11.0. The Labute approximate surface area is 118 Å². The minimum absolute atomic E-state index is 0.400. The van der Waals surface area contributed by atoms with Gasteiger partial charge in [-0.15, -0.1) is 0 Å². The normalized spacial score (nSPS) is 24.6. The van der Waals surface area contributed by atoms with Crippen molar-refractivity contribution < 1.29 is 4.74 Å². The molecule has 1 aliphatic heterocycles. The summed E-state index contributed by atoms with van der Waals surface area (Å²) in [7, 11) is 0. The lowest BCUT2D eigenvalue weighted by atomic mass is 10.1. The van der Waals surface area contributed by atoms with Gasteiger partial charge in [-0.3, -0.25) is 4.99 Å². The molecule has 1 heterocycles. The molecule has 4 heteroatoms. The van der Waals surface area contributed by atoms with Crippen LogP contribution in [0.1, 0.15) is 24.4 Å². The van der Waals surface area contributed by atoms with E-state index in [2.05, 4.69) is 40.6 Å². The maximum atomic E-state index is 5.58. The quantitative estimate of drug-likeness (QED) is 0.811. The summed E-state index contributed by atoms with van der Waals surface area (Å²) in [6.07, 6.45) is 2.70. The van der Waals surface area contributed by atoms with Gasteiger partial charge >= 0.3 is 0 Å². The Balaban J connectivity index is 1.40. The lowest BCUT2D eigenvalue weighted by molar-refractivity contribution is 0.132. The molecule has 1 saturated heterocycles. The van der Waals surface area contributed by atoms with Crippen molar-refractivity contribution in [3.63, 3.8) is 0 Å². The summed E-state index contributed by atoms with van der Waals surface area (Å²) in [4.78, 5) is 4.56. The number of rotatable bonds is 6. The highest BCUT2D eigenvalue weighted by Gasteiger charge is 2.22. The molecule has 0 spiro atoms. The number of hydrogen-bond acceptors (Lipinski definition) is 3. The highest BCUT2D eigenvalue weighted by atomic mass is 32.2. The third-order valence-corrected chi connectivity index (χ3v) is 4.45. The van der Waals surface area contributed by atoms with E-state index < -0.39 is 0 Å². The number of nitrogens with one attached hydrogen (secondary N) is 1. The molecule has 3 rings (SSSR count). The van der Waals surface area contributed by atoms with E-state index in [1.807, 2.05) is 0 Å². The second kappa shape index (κ2) is 6.44. The van der Waals surface area contributed by atoms with E-state index in [0.29, 0.717) is 6.04 Å². The Morgan fingerprint density at radius 3 is 2.89 bits per heavy atom. The third-order valence-electron chi connectivity index (χ3n) is 3.43. The smallest absolute Gasteiger partial charge is 0.157 e. The van der Waals surface area contributed by atoms with Gasteiger partial charge in [0.15, 0.2) is 5.17 Å². The Bertz CT molecular complexity index is 431. The van der Waals surface area contributed by atoms with Crippen molar-refractivity contribution in [3.8, 4) is 0 Å². The molecule has 0 amide bonds. The SMILES string of the molecule is c1ccc(C2CSC(=NCCOCC3CC3)N2)cc1. The highest BCUT2D eigenvalue weighted by molar-refractivity contribution is 8.14. The van der Waals surface area contributed by atoms with Crippen LogP contribution < -0.4 is 5.32 Å². The number of ether oxygens (including phenoxy) is 1. The van der Waals surface area contributed by atoms with E-state index >= 15 is 0 Å². The Morgan fingerprint density at radius 1 is 1.26 bits per heavy atom. The molecule has 3 nitrogen and oxygen atoms in total. The zero-order valence-electron chi connectivity index (χ0n) is 11.0. The van der Waals surface area contributed by atoms with Gasteiger partial charge in [0.25, 0.3) is 0 Å². The van der Waals surface area contributed by atoms with E-state index in [1.165, 1.54) is 18.4 Å². The van der Waals surface area contributed by atoms with Crippen molar-refractivity contribution in [2.45, 2.75) is 18.9 Å². The monoisotopic (exact) mass is 276 g/mol. The van der Waals surface area contributed by atoms with Crippen LogP contribution in [-0.2, 0) is 4.74 Å². The molecule has 1 aliphatic carbocycles. The van der Waals surface area contributed by atoms with Crippen molar-refractivity contribution in [2.24, 2.45) is 10.9 Å². The molecule has 0 bridgehead atoms. The third kappa shape index (κ3) is 3.98. The van der Waals surface area contributed by atoms with Crippen LogP contribution in [0.2, 0.25) is 0 Å². The first-order valence-corrected chi connectivity index (χ1v) is 7.97. The highest BCUT2D eigenvalue weighted by Crippen LogP contribution is 2.28. The molecule has 1 N–H and O–H groups in total. The van der Waals surface area contributed by atoms with Crippen LogP contribution in [0.15, 0.2) is 35.3 Å². The second-order valence-corrected chi connectivity index (χ2v) is 6.13. The summed E-state index contributed by atoms with van der Waals surface area (Å²) in [5, 5.41) is 4.54. The first kappa shape index (κ1) is 13.0. The summed E-state index contributed by atoms with van der Waals surface area (Å²) >= 11 is 1.81. The van der Waals surface area contributed by atoms with Crippen LogP contribution in [0, 0.1) is 5.92 Å². The minimum atomic E-state index is 0.400. The number of aliphatic imine (C=N–C) groups is 1. The molecule has 1 aromatic carbocycles. The maximum absolute atomic E-state index is 5.58. The van der Waals surface area contributed by atoms with Crippen molar-refractivity contribution in [2.75, 3.05) is 25.5 Å². The van der Waals surface area contributed by atoms with E-state index in [9.17, 15) is 0 Å². The van der Waals surface area contributed by atoms with Crippen molar-refractivity contribution in [3.05, 3.63) is 35.9 Å². The predicted octanol–water partition coefficient (Wildman–Crippen LogP) is 2.85. The van der Waals surface area contributed by atoms with Gasteiger partial charge in [0.2, 0.25) is 0 Å². The molecule has 2 aliphatic rings. The first-order valence-electron chi connectivity index (χ1n) is 6.98. The number of nitrogens with zero attached hydrogens (tertiary/aromatic N) is 1. The minimum Gasteiger partial charge on any atom is -0.379 e. The molecule has 1 unspecified atom stereocenters. The van der Waals surface area contributed by atoms with Crippen LogP contribution in [-0.4, -0.2) is 30.7 Å². The number of benzene rings is 1. The summed E-state index contributed by atoms with van der Waals surface area (Å²) in [5.74, 6) is 1.90. The molecule has 0 radical (unpaired) electrons. The number of thioether (sulfide) groups is 1. The zero-order chi connectivity index (χ0) is 12.9. The molecule has 19 heavy (non-hydrogen) atoms. The maximum Gasteiger partial charge on any atom is 0.157 e. The Kier molecular flexibility index (Phi) is 4.41. The largest absolute Gasteiger partial charge is 0.379 e. The molecular formula is C15H20N2OS. The van der Waals surface area contributed by atoms with Gasteiger partial charge in [-0.2, -0.15) is 0 Å². The van der Waals surface area contributed by atoms with Crippen LogP contribution in [0.25, 0.3) is 0 Å². The van der Waals surface area contributed by atoms with Crippen LogP contribution in [0.4, 0.5) is 0 Å². The fourth-order valence-corrected chi connectivity index (χ4v) is 3.11. The van der Waals surface area contributed by atoms with Crippen molar-refractivity contribution >= 4 is 16.9 Å². The summed E-state index contributed by atoms with van der Waals surface area (Å²) in [6.45, 7) is 2.44. The van der Waals surface area contributed by atoms with Gasteiger partial charge in [0.05, 0.1) is 19.2 Å². The average Bonchev–Trinajstić information content (AvgIpc) is 3.16. The van der Waals surface area contributed by atoms with E-state index in [4.69, 9.17) is 4.74 Å². The second-order valence-electron chi connectivity index (χ2n) is 5.12. The van der Waals surface area contributed by atoms with Gasteiger partial charge < -0.3 is 10.1 Å². The van der Waals surface area contributed by atoms with Crippen LogP contribution in [0.5, 0.6) is 0 Å². The van der Waals surface area contributed by atoms with Gasteiger partial charge in [-0.25, -0.2) is 0 Å². The molecular weight excluding hydrogens is 256 g/mol. The number of amidine groups is 1. The predicted molar refractivity (Wildman–Crippen MR) is 80.6 cm³/mol. The van der Waals surface area contributed by atoms with Gasteiger partial charge in [-0.1, -0.05) is 42.1 Å². The summed E-state index contributed by atoms with van der Waals surface area (Å²) in [5.41, 5.74) is 1.34. The fourth-order valence-electron chi connectivity index (χ4n) is 2.10. The lowest BCUT2D eigenvalue weighted by Gasteiger charge is -2.09.